The SMILES string of the molecule is FC(F)(F)c1ccccc1NCCC1=CCCC1. The standard InChI is InChI=1S/C14H16F3N/c15-14(16,17)12-7-3-4-8-13(12)18-10-9-11-5-1-2-6-11/h3-5,7-8,18H,1-2,6,9-10H2. The molecule has 0 unspecified atom stereocenters. The highest BCUT2D eigenvalue weighted by Crippen LogP contribution is 2.34. The van der Waals surface area contributed by atoms with Crippen molar-refractivity contribution in [2.75, 3.05) is 11.9 Å². The van der Waals surface area contributed by atoms with E-state index in [1.165, 1.54) is 24.1 Å². The third-order valence-corrected chi connectivity index (χ3v) is 3.13. The predicted molar refractivity (Wildman–Crippen MR) is 66.5 cm³/mol. The minimum absolute atomic E-state index is 0.170. The zero-order chi connectivity index (χ0) is 13.0. The first-order chi connectivity index (χ1) is 8.57. The lowest BCUT2D eigenvalue weighted by molar-refractivity contribution is -0.136. The van der Waals surface area contributed by atoms with Crippen LogP contribution in [0.5, 0.6) is 0 Å². The van der Waals surface area contributed by atoms with Crippen LogP contribution in [0, 0.1) is 0 Å². The molecule has 0 saturated heterocycles. The number of alkyl halides is 3. The van der Waals surface area contributed by atoms with E-state index in [2.05, 4.69) is 11.4 Å². The molecular formula is C14H16F3N. The van der Waals surface area contributed by atoms with Crippen LogP contribution in [-0.4, -0.2) is 6.54 Å². The maximum absolute atomic E-state index is 12.7. The first-order valence-corrected chi connectivity index (χ1v) is 6.15. The van der Waals surface area contributed by atoms with E-state index < -0.39 is 11.7 Å². The van der Waals surface area contributed by atoms with Gasteiger partial charge in [0.1, 0.15) is 0 Å². The number of benzene rings is 1. The largest absolute Gasteiger partial charge is 0.418 e. The van der Waals surface area contributed by atoms with E-state index >= 15 is 0 Å². The zero-order valence-corrected chi connectivity index (χ0v) is 10.1. The Labute approximate surface area is 105 Å². The highest BCUT2D eigenvalue weighted by Gasteiger charge is 2.32. The van der Waals surface area contributed by atoms with Crippen molar-refractivity contribution in [3.63, 3.8) is 0 Å². The van der Waals surface area contributed by atoms with E-state index in [-0.39, 0.29) is 5.69 Å². The lowest BCUT2D eigenvalue weighted by Crippen LogP contribution is -2.11. The van der Waals surface area contributed by atoms with Crippen molar-refractivity contribution < 1.29 is 13.2 Å². The van der Waals surface area contributed by atoms with Crippen molar-refractivity contribution >= 4 is 5.69 Å². The third kappa shape index (κ3) is 3.28. The Morgan fingerprint density at radius 3 is 2.61 bits per heavy atom. The minimum Gasteiger partial charge on any atom is -0.384 e. The topological polar surface area (TPSA) is 12.0 Å². The lowest BCUT2D eigenvalue weighted by atomic mass is 10.1. The Bertz CT molecular complexity index is 435. The Balaban J connectivity index is 1.96. The molecule has 0 amide bonds. The summed E-state index contributed by atoms with van der Waals surface area (Å²) in [4.78, 5) is 0. The fraction of sp³-hybridized carbons (Fsp3) is 0.429. The molecule has 1 aromatic rings. The summed E-state index contributed by atoms with van der Waals surface area (Å²) in [6, 6.07) is 5.61. The van der Waals surface area contributed by atoms with Gasteiger partial charge < -0.3 is 5.32 Å². The summed E-state index contributed by atoms with van der Waals surface area (Å²) in [7, 11) is 0. The summed E-state index contributed by atoms with van der Waals surface area (Å²) in [5.74, 6) is 0. The summed E-state index contributed by atoms with van der Waals surface area (Å²) < 4.78 is 38.2. The van der Waals surface area contributed by atoms with Crippen molar-refractivity contribution in [2.45, 2.75) is 31.9 Å². The molecule has 0 saturated carbocycles. The summed E-state index contributed by atoms with van der Waals surface area (Å²) in [5, 5.41) is 2.89. The second kappa shape index (κ2) is 5.46. The van der Waals surface area contributed by atoms with Gasteiger partial charge in [0, 0.05) is 12.2 Å². The van der Waals surface area contributed by atoms with Gasteiger partial charge in [0.2, 0.25) is 0 Å². The molecule has 1 N–H and O–H groups in total. The average Bonchev–Trinajstić information content (AvgIpc) is 2.81. The summed E-state index contributed by atoms with van der Waals surface area (Å²) in [6.07, 6.45) is 2.09. The fourth-order valence-corrected chi connectivity index (χ4v) is 2.21. The Morgan fingerprint density at radius 1 is 1.17 bits per heavy atom. The van der Waals surface area contributed by atoms with Gasteiger partial charge in [0.15, 0.2) is 0 Å². The van der Waals surface area contributed by atoms with Gasteiger partial charge in [-0.2, -0.15) is 13.2 Å². The lowest BCUT2D eigenvalue weighted by Gasteiger charge is -2.14. The summed E-state index contributed by atoms with van der Waals surface area (Å²) >= 11 is 0. The molecule has 0 aliphatic heterocycles. The molecule has 98 valence electrons. The molecule has 0 aromatic heterocycles. The molecule has 0 spiro atoms. The normalized spacial score (nSPS) is 15.6. The van der Waals surface area contributed by atoms with Crippen molar-refractivity contribution in [1.82, 2.24) is 0 Å². The van der Waals surface area contributed by atoms with Crippen molar-refractivity contribution in [2.24, 2.45) is 0 Å². The van der Waals surface area contributed by atoms with Crippen LogP contribution in [0.2, 0.25) is 0 Å². The minimum atomic E-state index is -4.30. The van der Waals surface area contributed by atoms with Gasteiger partial charge in [-0.05, 0) is 37.8 Å². The second-order valence-corrected chi connectivity index (χ2v) is 4.47. The Hall–Kier alpha value is -1.45. The molecule has 0 fully saturated rings. The van der Waals surface area contributed by atoms with Crippen LogP contribution in [-0.2, 0) is 6.18 Å². The molecule has 1 aliphatic carbocycles. The number of hydrogen-bond donors (Lipinski definition) is 1. The van der Waals surface area contributed by atoms with E-state index in [0.717, 1.165) is 25.3 Å². The van der Waals surface area contributed by atoms with Gasteiger partial charge in [-0.1, -0.05) is 23.8 Å². The van der Waals surface area contributed by atoms with Crippen molar-refractivity contribution in [3.05, 3.63) is 41.5 Å². The molecule has 1 aliphatic rings. The highest BCUT2D eigenvalue weighted by molar-refractivity contribution is 5.52. The quantitative estimate of drug-likeness (QED) is 0.774. The fourth-order valence-electron chi connectivity index (χ4n) is 2.21. The van der Waals surface area contributed by atoms with Gasteiger partial charge in [0.05, 0.1) is 5.56 Å². The predicted octanol–water partition coefficient (Wildman–Crippen LogP) is 4.62. The van der Waals surface area contributed by atoms with Crippen LogP contribution < -0.4 is 5.32 Å². The number of anilines is 1. The first kappa shape index (κ1) is 13.0. The van der Waals surface area contributed by atoms with Crippen LogP contribution in [0.1, 0.15) is 31.2 Å². The zero-order valence-electron chi connectivity index (χ0n) is 10.1. The van der Waals surface area contributed by atoms with Crippen LogP contribution in [0.4, 0.5) is 18.9 Å². The van der Waals surface area contributed by atoms with E-state index in [1.807, 2.05) is 0 Å². The van der Waals surface area contributed by atoms with Crippen molar-refractivity contribution in [3.8, 4) is 0 Å². The van der Waals surface area contributed by atoms with Gasteiger partial charge >= 0.3 is 6.18 Å². The van der Waals surface area contributed by atoms with E-state index in [9.17, 15) is 13.2 Å². The highest BCUT2D eigenvalue weighted by atomic mass is 19.4. The molecule has 1 aromatic carbocycles. The number of para-hydroxylation sites is 1. The van der Waals surface area contributed by atoms with Gasteiger partial charge in [-0.15, -0.1) is 0 Å². The van der Waals surface area contributed by atoms with Crippen LogP contribution >= 0.6 is 0 Å². The third-order valence-electron chi connectivity index (χ3n) is 3.13. The number of halogens is 3. The van der Waals surface area contributed by atoms with E-state index in [0.29, 0.717) is 6.54 Å². The molecule has 0 atom stereocenters. The molecule has 0 radical (unpaired) electrons. The van der Waals surface area contributed by atoms with E-state index in [4.69, 9.17) is 0 Å². The second-order valence-electron chi connectivity index (χ2n) is 4.47. The molecule has 0 heterocycles. The first-order valence-electron chi connectivity index (χ1n) is 6.15. The molecule has 1 nitrogen and oxygen atoms in total. The van der Waals surface area contributed by atoms with Gasteiger partial charge in [-0.25, -0.2) is 0 Å². The Morgan fingerprint density at radius 2 is 1.94 bits per heavy atom. The molecule has 2 rings (SSSR count). The number of hydrogen-bond acceptors (Lipinski definition) is 1. The van der Waals surface area contributed by atoms with Crippen LogP contribution in [0.15, 0.2) is 35.9 Å². The van der Waals surface area contributed by atoms with Gasteiger partial charge in [-0.3, -0.25) is 0 Å². The Kier molecular flexibility index (Phi) is 3.94. The number of rotatable bonds is 4. The summed E-state index contributed by atoms with van der Waals surface area (Å²) in [5.41, 5.74) is 0.931. The summed E-state index contributed by atoms with van der Waals surface area (Å²) in [6.45, 7) is 0.554. The molecule has 0 bridgehead atoms. The average molecular weight is 255 g/mol. The number of nitrogens with one attached hydrogen (secondary N) is 1. The molecular weight excluding hydrogens is 239 g/mol. The van der Waals surface area contributed by atoms with E-state index in [1.54, 1.807) is 6.07 Å². The van der Waals surface area contributed by atoms with Crippen LogP contribution in [0.3, 0.4) is 0 Å². The monoisotopic (exact) mass is 255 g/mol. The van der Waals surface area contributed by atoms with Crippen molar-refractivity contribution in [1.29, 1.82) is 0 Å². The van der Waals surface area contributed by atoms with Gasteiger partial charge in [0.25, 0.3) is 0 Å². The van der Waals surface area contributed by atoms with Crippen LogP contribution in [0.25, 0.3) is 0 Å². The smallest absolute Gasteiger partial charge is 0.384 e. The maximum atomic E-state index is 12.7. The molecule has 4 heteroatoms. The number of allylic oxidation sites excluding steroid dienone is 1. The maximum Gasteiger partial charge on any atom is 0.418 e. The molecule has 18 heavy (non-hydrogen) atoms.